The standard InChI is InChI=1S/C34H37F9N2O9S/c1-29(2,3)25-23-12-11-21(15-24(23)26(46)45(25)27(47)48)52-17-19-16-44(28(49)53-30(4,5)6)14-13-22(19)18-7-9-20(10-8-18)54-55(50,51)34(42,43)32(37,38)31(35,36)33(39,40)41/h7-12,15,19,22,25H,13-14,16-17H2,1-6H3,(H,47,48)/t19-,22-,25?/m0/s1. The zero-order chi connectivity index (χ0) is 41.9. The van der Waals surface area contributed by atoms with E-state index in [1.165, 1.54) is 17.0 Å². The van der Waals surface area contributed by atoms with Gasteiger partial charge in [0.05, 0.1) is 12.6 Å². The van der Waals surface area contributed by atoms with Gasteiger partial charge in [0, 0.05) is 24.6 Å². The van der Waals surface area contributed by atoms with E-state index in [1.807, 2.05) is 0 Å². The van der Waals surface area contributed by atoms with Crippen molar-refractivity contribution in [2.75, 3.05) is 19.7 Å². The minimum atomic E-state index is -7.47. The van der Waals surface area contributed by atoms with Crippen molar-refractivity contribution in [1.29, 1.82) is 0 Å². The van der Waals surface area contributed by atoms with E-state index < -0.39 is 86.1 Å². The molecule has 2 aromatic carbocycles. The number of carboxylic acid groups (broad SMARTS) is 1. The van der Waals surface area contributed by atoms with Crippen LogP contribution in [0.3, 0.4) is 0 Å². The number of alkyl halides is 9. The molecule has 3 atom stereocenters. The van der Waals surface area contributed by atoms with Crippen molar-refractivity contribution in [1.82, 2.24) is 9.80 Å². The van der Waals surface area contributed by atoms with Gasteiger partial charge in [-0.15, -0.1) is 0 Å². The van der Waals surface area contributed by atoms with Crippen LogP contribution in [-0.4, -0.2) is 90.0 Å². The van der Waals surface area contributed by atoms with E-state index in [0.717, 1.165) is 17.0 Å². The summed E-state index contributed by atoms with van der Waals surface area (Å²) in [6.07, 6.45) is -9.18. The van der Waals surface area contributed by atoms with E-state index in [0.29, 0.717) is 23.3 Å². The van der Waals surface area contributed by atoms with Crippen molar-refractivity contribution in [2.24, 2.45) is 11.3 Å². The maximum Gasteiger partial charge on any atom is 0.460 e. The third-order valence-electron chi connectivity index (χ3n) is 8.85. The summed E-state index contributed by atoms with van der Waals surface area (Å²) in [6.45, 7) is 10.2. The molecule has 1 unspecified atom stereocenters. The number of benzene rings is 2. The number of hydrogen-bond donors (Lipinski definition) is 1. The fourth-order valence-corrected chi connectivity index (χ4v) is 7.20. The Hall–Kier alpha value is -4.43. The topological polar surface area (TPSA) is 140 Å². The highest BCUT2D eigenvalue weighted by Crippen LogP contribution is 2.55. The summed E-state index contributed by atoms with van der Waals surface area (Å²) in [4.78, 5) is 40.2. The normalized spacial score (nSPS) is 20.3. The largest absolute Gasteiger partial charge is 0.493 e. The van der Waals surface area contributed by atoms with Crippen LogP contribution in [0.15, 0.2) is 42.5 Å². The molecule has 2 aliphatic heterocycles. The molecule has 11 nitrogen and oxygen atoms in total. The minimum absolute atomic E-state index is 0.0102. The van der Waals surface area contributed by atoms with Gasteiger partial charge in [0.25, 0.3) is 5.91 Å². The quantitative estimate of drug-likeness (QED) is 0.195. The maximum atomic E-state index is 14.2. The van der Waals surface area contributed by atoms with Gasteiger partial charge in [-0.2, -0.15) is 47.9 Å². The molecule has 0 bridgehead atoms. The van der Waals surface area contributed by atoms with Crippen LogP contribution in [0.5, 0.6) is 11.5 Å². The van der Waals surface area contributed by atoms with Gasteiger partial charge in [-0.25, -0.2) is 14.5 Å². The minimum Gasteiger partial charge on any atom is -0.493 e. The van der Waals surface area contributed by atoms with E-state index >= 15 is 0 Å². The number of likely N-dealkylation sites (tertiary alicyclic amines) is 1. The van der Waals surface area contributed by atoms with Crippen LogP contribution in [0.2, 0.25) is 0 Å². The number of carbonyl (C=O) groups is 3. The van der Waals surface area contributed by atoms with Gasteiger partial charge in [0.2, 0.25) is 0 Å². The molecule has 4 rings (SSSR count). The second kappa shape index (κ2) is 14.3. The average molecular weight is 821 g/mol. The van der Waals surface area contributed by atoms with Crippen LogP contribution in [0.25, 0.3) is 0 Å². The lowest BCUT2D eigenvalue weighted by molar-refractivity contribution is -0.382. The summed E-state index contributed by atoms with van der Waals surface area (Å²) in [7, 11) is -7.16. The van der Waals surface area contributed by atoms with E-state index in [1.54, 1.807) is 47.6 Å². The van der Waals surface area contributed by atoms with Crippen molar-refractivity contribution >= 4 is 28.2 Å². The van der Waals surface area contributed by atoms with Crippen molar-refractivity contribution in [3.63, 3.8) is 0 Å². The predicted octanol–water partition coefficient (Wildman–Crippen LogP) is 8.46. The van der Waals surface area contributed by atoms with Crippen molar-refractivity contribution < 1.29 is 81.1 Å². The lowest BCUT2D eigenvalue weighted by Crippen LogP contribution is -2.63. The Bertz CT molecular complexity index is 1910. The average Bonchev–Trinajstić information content (AvgIpc) is 3.34. The molecule has 306 valence electrons. The first-order valence-corrected chi connectivity index (χ1v) is 17.8. The molecule has 2 aromatic rings. The monoisotopic (exact) mass is 820 g/mol. The van der Waals surface area contributed by atoms with Crippen LogP contribution < -0.4 is 8.92 Å². The number of halogens is 9. The lowest BCUT2D eigenvalue weighted by Gasteiger charge is -2.39. The van der Waals surface area contributed by atoms with Gasteiger partial charge in [0.1, 0.15) is 17.1 Å². The molecule has 1 saturated heterocycles. The third-order valence-corrected chi connectivity index (χ3v) is 10.1. The Morgan fingerprint density at radius 2 is 1.42 bits per heavy atom. The van der Waals surface area contributed by atoms with Crippen LogP contribution in [0.1, 0.15) is 81.4 Å². The molecule has 2 heterocycles. The molecule has 55 heavy (non-hydrogen) atoms. The van der Waals surface area contributed by atoms with Gasteiger partial charge in [0.15, 0.2) is 0 Å². The molecule has 1 fully saturated rings. The Kier molecular flexibility index (Phi) is 11.2. The highest BCUT2D eigenvalue weighted by atomic mass is 32.2. The molecule has 0 radical (unpaired) electrons. The molecule has 0 spiro atoms. The van der Waals surface area contributed by atoms with Crippen molar-refractivity contribution in [2.45, 2.75) is 88.8 Å². The highest BCUT2D eigenvalue weighted by molar-refractivity contribution is 7.88. The number of carbonyl (C=O) groups excluding carboxylic acids is 2. The van der Waals surface area contributed by atoms with Gasteiger partial charge >= 0.3 is 45.6 Å². The van der Waals surface area contributed by atoms with Crippen LogP contribution >= 0.6 is 0 Å². The molecule has 21 heteroatoms. The molecule has 1 N–H and O–H groups in total. The lowest BCUT2D eigenvalue weighted by atomic mass is 9.81. The molecule has 0 aliphatic carbocycles. The maximum absolute atomic E-state index is 14.2. The molecular weight excluding hydrogens is 783 g/mol. The highest BCUT2D eigenvalue weighted by Gasteiger charge is 2.86. The number of amides is 3. The smallest absolute Gasteiger partial charge is 0.460 e. The fraction of sp³-hybridized carbons (Fsp3) is 0.559. The van der Waals surface area contributed by atoms with Gasteiger partial charge in [-0.3, -0.25) is 4.79 Å². The molecular formula is C34H37F9N2O9S. The first kappa shape index (κ1) is 43.3. The molecule has 2 aliphatic rings. The third kappa shape index (κ3) is 8.25. The summed E-state index contributed by atoms with van der Waals surface area (Å²) in [5, 5.41) is 2.73. The summed E-state index contributed by atoms with van der Waals surface area (Å²) >= 11 is 0. The number of imide groups is 1. The summed E-state index contributed by atoms with van der Waals surface area (Å²) in [5.41, 5.74) is -0.659. The summed E-state index contributed by atoms with van der Waals surface area (Å²) in [6, 6.07) is 7.25. The number of nitrogens with zero attached hydrogens (tertiary/aromatic N) is 2. The second-order valence-electron chi connectivity index (χ2n) is 15.1. The first-order chi connectivity index (χ1) is 24.8. The Morgan fingerprint density at radius 3 is 1.93 bits per heavy atom. The van der Waals surface area contributed by atoms with E-state index in [9.17, 15) is 67.4 Å². The Labute approximate surface area is 309 Å². The number of fused-ring (bicyclic) bond motifs is 1. The zero-order valence-corrected chi connectivity index (χ0v) is 30.8. The van der Waals surface area contributed by atoms with E-state index in [2.05, 4.69) is 4.18 Å². The SMILES string of the molecule is CC(C)(C)OC(=O)N1CC[C@@H](c2ccc(OS(=O)(=O)C(F)(F)C(F)(F)C(F)(F)C(F)(F)F)cc2)[C@H](COc2ccc3c(c2)C(=O)N(C(=O)O)C3C(C)(C)C)C1. The number of rotatable bonds is 9. The molecule has 0 saturated carbocycles. The number of hydrogen-bond acceptors (Lipinski definition) is 8. The summed E-state index contributed by atoms with van der Waals surface area (Å²) in [5.74, 6) is -17.8. The van der Waals surface area contributed by atoms with Gasteiger partial charge in [-0.05, 0) is 73.9 Å². The zero-order valence-electron chi connectivity index (χ0n) is 30.0. The predicted molar refractivity (Wildman–Crippen MR) is 174 cm³/mol. The number of piperidine rings is 1. The Balaban J connectivity index is 1.60. The number of ether oxygens (including phenoxy) is 2. The van der Waals surface area contributed by atoms with E-state index in [-0.39, 0.29) is 37.4 Å². The summed E-state index contributed by atoms with van der Waals surface area (Å²) < 4.78 is 160. The van der Waals surface area contributed by atoms with Gasteiger partial charge in [-0.1, -0.05) is 39.0 Å². The van der Waals surface area contributed by atoms with Crippen LogP contribution in [-0.2, 0) is 14.9 Å². The first-order valence-electron chi connectivity index (χ1n) is 16.4. The van der Waals surface area contributed by atoms with Crippen LogP contribution in [0, 0.1) is 11.3 Å². The van der Waals surface area contributed by atoms with E-state index in [4.69, 9.17) is 9.47 Å². The Morgan fingerprint density at radius 1 is 0.855 bits per heavy atom. The van der Waals surface area contributed by atoms with Crippen molar-refractivity contribution in [3.05, 3.63) is 59.2 Å². The van der Waals surface area contributed by atoms with Crippen LogP contribution in [0.4, 0.5) is 49.1 Å². The second-order valence-corrected chi connectivity index (χ2v) is 16.7. The van der Waals surface area contributed by atoms with Gasteiger partial charge < -0.3 is 23.7 Å². The molecule has 3 amide bonds. The fourth-order valence-electron chi connectivity index (χ4n) is 6.29. The van der Waals surface area contributed by atoms with Crippen molar-refractivity contribution in [3.8, 4) is 11.5 Å². The molecule has 0 aromatic heterocycles.